The van der Waals surface area contributed by atoms with Gasteiger partial charge < -0.3 is 4.98 Å². The van der Waals surface area contributed by atoms with Crippen LogP contribution in [0.15, 0.2) is 22.7 Å². The Morgan fingerprint density at radius 2 is 2.21 bits per heavy atom. The maximum atomic E-state index is 4.61. The molecule has 1 fully saturated rings. The molecule has 2 aromatic rings. The molecule has 0 saturated heterocycles. The van der Waals surface area contributed by atoms with Crippen molar-refractivity contribution in [3.63, 3.8) is 0 Å². The zero-order chi connectivity index (χ0) is 9.76. The van der Waals surface area contributed by atoms with E-state index >= 15 is 0 Å². The fraction of sp³-hybridized carbons (Fsp3) is 0.364. The Labute approximate surface area is 90.9 Å². The van der Waals surface area contributed by atoms with Crippen LogP contribution in [0.3, 0.4) is 0 Å². The average Bonchev–Trinajstić information content (AvgIpc) is 2.77. The molecule has 0 radical (unpaired) electrons. The zero-order valence-corrected chi connectivity index (χ0v) is 9.56. The maximum absolute atomic E-state index is 4.61. The Hall–Kier alpha value is -0.830. The van der Waals surface area contributed by atoms with E-state index in [0.717, 1.165) is 21.3 Å². The summed E-state index contributed by atoms with van der Waals surface area (Å²) in [5, 5.41) is 0. The molecule has 1 aliphatic carbocycles. The highest BCUT2D eigenvalue weighted by molar-refractivity contribution is 9.10. The van der Waals surface area contributed by atoms with Crippen LogP contribution in [-0.2, 0) is 5.41 Å². The van der Waals surface area contributed by atoms with E-state index in [1.165, 1.54) is 12.8 Å². The topological polar surface area (TPSA) is 28.7 Å². The fourth-order valence-electron chi connectivity index (χ4n) is 1.69. The van der Waals surface area contributed by atoms with Crippen LogP contribution < -0.4 is 0 Å². The van der Waals surface area contributed by atoms with Crippen molar-refractivity contribution in [3.8, 4) is 0 Å². The molecule has 1 N–H and O–H groups in total. The number of benzene rings is 1. The summed E-state index contributed by atoms with van der Waals surface area (Å²) in [5.41, 5.74) is 2.52. The van der Waals surface area contributed by atoms with Crippen LogP contribution in [-0.4, -0.2) is 9.97 Å². The summed E-state index contributed by atoms with van der Waals surface area (Å²) in [6, 6.07) is 6.16. The highest BCUT2D eigenvalue weighted by atomic mass is 79.9. The van der Waals surface area contributed by atoms with Gasteiger partial charge in [-0.3, -0.25) is 0 Å². The third-order valence-corrected chi connectivity index (χ3v) is 3.51. The number of fused-ring (bicyclic) bond motifs is 1. The van der Waals surface area contributed by atoms with Gasteiger partial charge in [-0.05, 0) is 31.0 Å². The Kier molecular flexibility index (Phi) is 1.57. The number of nitrogens with zero attached hydrogens (tertiary/aromatic N) is 1. The second-order valence-electron chi connectivity index (χ2n) is 4.31. The molecule has 3 rings (SSSR count). The molecule has 1 saturated carbocycles. The molecular weight excluding hydrogens is 240 g/mol. The normalized spacial score (nSPS) is 18.7. The van der Waals surface area contributed by atoms with Crippen molar-refractivity contribution >= 4 is 27.0 Å². The largest absolute Gasteiger partial charge is 0.341 e. The van der Waals surface area contributed by atoms with Gasteiger partial charge in [-0.25, -0.2) is 4.98 Å². The van der Waals surface area contributed by atoms with E-state index in [-0.39, 0.29) is 0 Å². The SMILES string of the molecule is CC1(c2nc3ccc(Br)cc3[nH]2)CC1. The minimum absolute atomic E-state index is 0.325. The third-order valence-electron chi connectivity index (χ3n) is 3.02. The molecule has 0 atom stereocenters. The Balaban J connectivity index is 2.20. The summed E-state index contributed by atoms with van der Waals surface area (Å²) in [7, 11) is 0. The number of hydrogen-bond donors (Lipinski definition) is 1. The molecule has 0 unspecified atom stereocenters. The molecule has 0 spiro atoms. The highest BCUT2D eigenvalue weighted by Gasteiger charge is 2.41. The molecule has 0 aliphatic heterocycles. The Morgan fingerprint density at radius 3 is 2.93 bits per heavy atom. The minimum atomic E-state index is 0.325. The van der Waals surface area contributed by atoms with E-state index in [2.05, 4.69) is 38.9 Å². The summed E-state index contributed by atoms with van der Waals surface area (Å²) >= 11 is 3.46. The smallest absolute Gasteiger partial charge is 0.113 e. The van der Waals surface area contributed by atoms with Gasteiger partial charge in [-0.2, -0.15) is 0 Å². The molecule has 14 heavy (non-hydrogen) atoms. The van der Waals surface area contributed by atoms with E-state index < -0.39 is 0 Å². The van der Waals surface area contributed by atoms with E-state index in [1.807, 2.05) is 12.1 Å². The number of imidazole rings is 1. The van der Waals surface area contributed by atoms with Crippen molar-refractivity contribution in [2.24, 2.45) is 0 Å². The van der Waals surface area contributed by atoms with Crippen LogP contribution in [0, 0.1) is 0 Å². The van der Waals surface area contributed by atoms with Crippen LogP contribution >= 0.6 is 15.9 Å². The van der Waals surface area contributed by atoms with Gasteiger partial charge >= 0.3 is 0 Å². The summed E-state index contributed by atoms with van der Waals surface area (Å²) in [6.07, 6.45) is 2.52. The van der Waals surface area contributed by atoms with E-state index in [9.17, 15) is 0 Å². The van der Waals surface area contributed by atoms with Crippen LogP contribution in [0.25, 0.3) is 11.0 Å². The first-order valence-corrected chi connectivity index (χ1v) is 5.62. The standard InChI is InChI=1S/C11H11BrN2/c1-11(4-5-11)10-13-8-3-2-7(12)6-9(8)14-10/h2-3,6H,4-5H2,1H3,(H,13,14). The maximum Gasteiger partial charge on any atom is 0.113 e. The summed E-state index contributed by atoms with van der Waals surface area (Å²) in [6.45, 7) is 2.26. The van der Waals surface area contributed by atoms with Crippen molar-refractivity contribution in [1.82, 2.24) is 9.97 Å². The molecule has 1 aliphatic rings. The van der Waals surface area contributed by atoms with E-state index in [1.54, 1.807) is 0 Å². The second-order valence-corrected chi connectivity index (χ2v) is 5.22. The number of halogens is 1. The van der Waals surface area contributed by atoms with Crippen LogP contribution in [0.2, 0.25) is 0 Å². The summed E-state index contributed by atoms with van der Waals surface area (Å²) < 4.78 is 1.10. The fourth-order valence-corrected chi connectivity index (χ4v) is 2.05. The molecule has 1 aromatic heterocycles. The zero-order valence-electron chi connectivity index (χ0n) is 7.97. The molecule has 0 amide bonds. The van der Waals surface area contributed by atoms with Crippen molar-refractivity contribution in [2.75, 3.05) is 0 Å². The molecule has 3 heteroatoms. The van der Waals surface area contributed by atoms with Gasteiger partial charge in [0.25, 0.3) is 0 Å². The highest BCUT2D eigenvalue weighted by Crippen LogP contribution is 2.46. The lowest BCUT2D eigenvalue weighted by Gasteiger charge is -2.00. The predicted molar refractivity (Wildman–Crippen MR) is 60.4 cm³/mol. The van der Waals surface area contributed by atoms with Gasteiger partial charge in [0.1, 0.15) is 5.82 Å². The lowest BCUT2D eigenvalue weighted by Crippen LogP contribution is -2.01. The number of aromatic nitrogens is 2. The number of aromatic amines is 1. The predicted octanol–water partition coefficient (Wildman–Crippen LogP) is 3.38. The van der Waals surface area contributed by atoms with Crippen LogP contribution in [0.5, 0.6) is 0 Å². The van der Waals surface area contributed by atoms with Gasteiger partial charge in [0.2, 0.25) is 0 Å². The van der Waals surface area contributed by atoms with Gasteiger partial charge in [0, 0.05) is 9.89 Å². The molecule has 0 bridgehead atoms. The first-order valence-electron chi connectivity index (χ1n) is 4.83. The lowest BCUT2D eigenvalue weighted by atomic mass is 10.1. The van der Waals surface area contributed by atoms with E-state index in [0.29, 0.717) is 5.41 Å². The van der Waals surface area contributed by atoms with Crippen LogP contribution in [0.1, 0.15) is 25.6 Å². The minimum Gasteiger partial charge on any atom is -0.341 e. The number of rotatable bonds is 1. The summed E-state index contributed by atoms with van der Waals surface area (Å²) in [4.78, 5) is 8.01. The first-order chi connectivity index (χ1) is 6.67. The van der Waals surface area contributed by atoms with Crippen molar-refractivity contribution < 1.29 is 0 Å². The summed E-state index contributed by atoms with van der Waals surface area (Å²) in [5.74, 6) is 1.14. The molecule has 1 aromatic carbocycles. The van der Waals surface area contributed by atoms with Crippen molar-refractivity contribution in [1.29, 1.82) is 0 Å². The first kappa shape index (κ1) is 8.48. The molecule has 72 valence electrons. The van der Waals surface area contributed by atoms with Gasteiger partial charge in [-0.1, -0.05) is 22.9 Å². The molecular formula is C11H11BrN2. The monoisotopic (exact) mass is 250 g/mol. The molecule has 2 nitrogen and oxygen atoms in total. The lowest BCUT2D eigenvalue weighted by molar-refractivity contribution is 0.728. The van der Waals surface area contributed by atoms with Crippen molar-refractivity contribution in [2.45, 2.75) is 25.2 Å². The number of nitrogens with one attached hydrogen (secondary N) is 1. The third kappa shape index (κ3) is 1.19. The quantitative estimate of drug-likeness (QED) is 0.826. The average molecular weight is 251 g/mol. The van der Waals surface area contributed by atoms with Gasteiger partial charge in [0.15, 0.2) is 0 Å². The van der Waals surface area contributed by atoms with Crippen LogP contribution in [0.4, 0.5) is 0 Å². The van der Waals surface area contributed by atoms with Crippen molar-refractivity contribution in [3.05, 3.63) is 28.5 Å². The number of H-pyrrole nitrogens is 1. The number of hydrogen-bond acceptors (Lipinski definition) is 1. The second kappa shape index (κ2) is 2.60. The van der Waals surface area contributed by atoms with E-state index in [4.69, 9.17) is 0 Å². The Morgan fingerprint density at radius 1 is 1.43 bits per heavy atom. The van der Waals surface area contributed by atoms with Gasteiger partial charge in [-0.15, -0.1) is 0 Å². The molecule has 1 heterocycles. The Bertz CT molecular complexity index is 497. The van der Waals surface area contributed by atoms with Gasteiger partial charge in [0.05, 0.1) is 11.0 Å².